The lowest BCUT2D eigenvalue weighted by Gasteiger charge is -2.30. The summed E-state index contributed by atoms with van der Waals surface area (Å²) in [6.07, 6.45) is 0.906. The van der Waals surface area contributed by atoms with E-state index in [4.69, 9.17) is 4.74 Å². The topological polar surface area (TPSA) is 60.3 Å². The molecule has 0 N–H and O–H groups in total. The third kappa shape index (κ3) is 4.46. The first kappa shape index (κ1) is 21.4. The zero-order valence-electron chi connectivity index (χ0n) is 18.4. The Labute approximate surface area is 187 Å². The van der Waals surface area contributed by atoms with E-state index in [2.05, 4.69) is 46.8 Å². The fraction of sp³-hybridized carbons (Fsp3) is 0.375. The average molecular weight is 437 g/mol. The predicted molar refractivity (Wildman–Crippen MR) is 123 cm³/mol. The first-order valence-corrected chi connectivity index (χ1v) is 11.5. The molecule has 31 heavy (non-hydrogen) atoms. The number of hydrogen-bond donors (Lipinski definition) is 0. The van der Waals surface area contributed by atoms with Crippen molar-refractivity contribution in [2.24, 2.45) is 0 Å². The second-order valence-electron chi connectivity index (χ2n) is 8.04. The molecule has 0 bridgehead atoms. The smallest absolute Gasteiger partial charge is 0.236 e. The lowest BCUT2D eigenvalue weighted by atomic mass is 10.00. The van der Waals surface area contributed by atoms with Crippen LogP contribution in [0.5, 0.6) is 5.75 Å². The number of aromatic nitrogens is 3. The van der Waals surface area contributed by atoms with Gasteiger partial charge in [0.2, 0.25) is 5.91 Å². The molecule has 1 aliphatic rings. The summed E-state index contributed by atoms with van der Waals surface area (Å²) in [6.45, 7) is 7.60. The van der Waals surface area contributed by atoms with Crippen molar-refractivity contribution in [2.75, 3.05) is 13.7 Å². The van der Waals surface area contributed by atoms with Crippen LogP contribution in [-0.4, -0.2) is 44.5 Å². The van der Waals surface area contributed by atoms with Crippen LogP contribution in [0.15, 0.2) is 53.7 Å². The van der Waals surface area contributed by atoms with Gasteiger partial charge in [0, 0.05) is 24.7 Å². The highest BCUT2D eigenvalue weighted by Crippen LogP contribution is 2.32. The predicted octanol–water partition coefficient (Wildman–Crippen LogP) is 4.60. The Hall–Kier alpha value is -2.80. The van der Waals surface area contributed by atoms with Crippen molar-refractivity contribution in [3.8, 4) is 17.1 Å². The van der Waals surface area contributed by atoms with E-state index in [1.54, 1.807) is 7.11 Å². The molecule has 6 nitrogen and oxygen atoms in total. The zero-order chi connectivity index (χ0) is 22.0. The maximum Gasteiger partial charge on any atom is 0.236 e. The quantitative estimate of drug-likeness (QED) is 0.529. The molecule has 0 fully saturated rings. The van der Waals surface area contributed by atoms with Gasteiger partial charge in [-0.1, -0.05) is 36.0 Å². The monoisotopic (exact) mass is 436 g/mol. The Balaban J connectivity index is 1.52. The molecule has 4 rings (SSSR count). The number of amides is 1. The second-order valence-corrected chi connectivity index (χ2v) is 9.34. The SMILES string of the molecule is COc1ccc(-c2nnc(SC(C)C(=O)N3CCc4ccccc4C3)n2C(C)C)cc1. The lowest BCUT2D eigenvalue weighted by Crippen LogP contribution is -2.40. The number of ether oxygens (including phenoxy) is 1. The summed E-state index contributed by atoms with van der Waals surface area (Å²) in [6, 6.07) is 16.3. The van der Waals surface area contributed by atoms with Crippen LogP contribution in [0.3, 0.4) is 0 Å². The van der Waals surface area contributed by atoms with E-state index in [1.165, 1.54) is 22.9 Å². The number of rotatable bonds is 6. The van der Waals surface area contributed by atoms with Crippen LogP contribution in [0.1, 0.15) is 37.9 Å². The van der Waals surface area contributed by atoms with Crippen molar-refractivity contribution in [2.45, 2.75) is 50.2 Å². The van der Waals surface area contributed by atoms with Gasteiger partial charge in [0.25, 0.3) is 0 Å². The highest BCUT2D eigenvalue weighted by molar-refractivity contribution is 8.00. The third-order valence-corrected chi connectivity index (χ3v) is 6.65. The number of fused-ring (bicyclic) bond motifs is 1. The number of carbonyl (C=O) groups excluding carboxylic acids is 1. The Morgan fingerprint density at radius 1 is 1.03 bits per heavy atom. The number of methoxy groups -OCH3 is 1. The summed E-state index contributed by atoms with van der Waals surface area (Å²) in [5, 5.41) is 9.40. The minimum Gasteiger partial charge on any atom is -0.497 e. The van der Waals surface area contributed by atoms with Gasteiger partial charge >= 0.3 is 0 Å². The van der Waals surface area contributed by atoms with Crippen LogP contribution >= 0.6 is 11.8 Å². The number of thioether (sulfide) groups is 1. The molecular formula is C24H28N4O2S. The van der Waals surface area contributed by atoms with Gasteiger partial charge in [-0.2, -0.15) is 0 Å². The maximum atomic E-state index is 13.2. The van der Waals surface area contributed by atoms with Gasteiger partial charge < -0.3 is 9.64 Å². The summed E-state index contributed by atoms with van der Waals surface area (Å²) >= 11 is 1.48. The van der Waals surface area contributed by atoms with E-state index >= 15 is 0 Å². The van der Waals surface area contributed by atoms with E-state index in [9.17, 15) is 4.79 Å². The first-order chi connectivity index (χ1) is 15.0. The first-order valence-electron chi connectivity index (χ1n) is 10.6. The normalized spacial score (nSPS) is 14.4. The molecule has 2 aromatic carbocycles. The second kappa shape index (κ2) is 9.14. The van der Waals surface area contributed by atoms with Gasteiger partial charge in [0.05, 0.1) is 12.4 Å². The van der Waals surface area contributed by atoms with Gasteiger partial charge in [-0.3, -0.25) is 9.36 Å². The summed E-state index contributed by atoms with van der Waals surface area (Å²) < 4.78 is 7.36. The molecule has 2 heterocycles. The Kier molecular flexibility index (Phi) is 6.32. The number of hydrogen-bond acceptors (Lipinski definition) is 5. The van der Waals surface area contributed by atoms with Crippen LogP contribution in [0, 0.1) is 0 Å². The molecule has 0 radical (unpaired) electrons. The molecule has 0 saturated heterocycles. The zero-order valence-corrected chi connectivity index (χ0v) is 19.2. The minimum absolute atomic E-state index is 0.142. The van der Waals surface area contributed by atoms with Crippen LogP contribution in [0.25, 0.3) is 11.4 Å². The molecule has 1 atom stereocenters. The summed E-state index contributed by atoms with van der Waals surface area (Å²) in [5.74, 6) is 1.74. The highest BCUT2D eigenvalue weighted by atomic mass is 32.2. The Bertz CT molecular complexity index is 1060. The van der Waals surface area contributed by atoms with Gasteiger partial charge in [-0.15, -0.1) is 10.2 Å². The van der Waals surface area contributed by atoms with Crippen molar-refractivity contribution in [1.82, 2.24) is 19.7 Å². The number of carbonyl (C=O) groups is 1. The van der Waals surface area contributed by atoms with Gasteiger partial charge in [-0.05, 0) is 62.6 Å². The van der Waals surface area contributed by atoms with E-state index in [-0.39, 0.29) is 17.2 Å². The van der Waals surface area contributed by atoms with Crippen LogP contribution in [0.2, 0.25) is 0 Å². The van der Waals surface area contributed by atoms with Gasteiger partial charge in [-0.25, -0.2) is 0 Å². The summed E-state index contributed by atoms with van der Waals surface area (Å²) in [5.41, 5.74) is 3.56. The maximum absolute atomic E-state index is 13.2. The highest BCUT2D eigenvalue weighted by Gasteiger charge is 2.27. The van der Waals surface area contributed by atoms with Crippen LogP contribution < -0.4 is 4.74 Å². The molecule has 0 spiro atoms. The molecular weight excluding hydrogens is 408 g/mol. The van der Waals surface area contributed by atoms with Crippen molar-refractivity contribution in [3.63, 3.8) is 0 Å². The Morgan fingerprint density at radius 3 is 2.42 bits per heavy atom. The number of nitrogens with zero attached hydrogens (tertiary/aromatic N) is 4. The Morgan fingerprint density at radius 2 is 1.74 bits per heavy atom. The van der Waals surface area contributed by atoms with Crippen molar-refractivity contribution in [3.05, 3.63) is 59.7 Å². The number of benzene rings is 2. The van der Waals surface area contributed by atoms with Crippen LogP contribution in [-0.2, 0) is 17.8 Å². The standard InChI is InChI=1S/C24H28N4O2S/c1-16(2)28-22(19-9-11-21(30-4)12-10-19)25-26-24(28)31-17(3)23(29)27-14-13-18-7-5-6-8-20(18)15-27/h5-12,16-17H,13-15H2,1-4H3. The molecule has 3 aromatic rings. The van der Waals surface area contributed by atoms with E-state index < -0.39 is 0 Å². The van der Waals surface area contributed by atoms with Crippen LogP contribution in [0.4, 0.5) is 0 Å². The molecule has 0 aliphatic carbocycles. The average Bonchev–Trinajstić information content (AvgIpc) is 3.22. The largest absolute Gasteiger partial charge is 0.497 e. The molecule has 1 unspecified atom stereocenters. The summed E-state index contributed by atoms with van der Waals surface area (Å²) in [7, 11) is 1.65. The minimum atomic E-state index is -0.240. The van der Waals surface area contributed by atoms with E-state index in [0.717, 1.165) is 35.3 Å². The van der Waals surface area contributed by atoms with Crippen molar-refractivity contribution >= 4 is 17.7 Å². The third-order valence-electron chi connectivity index (χ3n) is 5.60. The molecule has 0 saturated carbocycles. The molecule has 1 aliphatic heterocycles. The molecule has 1 aromatic heterocycles. The molecule has 162 valence electrons. The molecule has 1 amide bonds. The van der Waals surface area contributed by atoms with E-state index in [0.29, 0.717) is 6.54 Å². The van der Waals surface area contributed by atoms with E-state index in [1.807, 2.05) is 42.2 Å². The van der Waals surface area contributed by atoms with Crippen molar-refractivity contribution < 1.29 is 9.53 Å². The van der Waals surface area contributed by atoms with Gasteiger partial charge in [0.1, 0.15) is 5.75 Å². The van der Waals surface area contributed by atoms with Crippen molar-refractivity contribution in [1.29, 1.82) is 0 Å². The van der Waals surface area contributed by atoms with Gasteiger partial charge in [0.15, 0.2) is 11.0 Å². The molecule has 7 heteroatoms. The fourth-order valence-electron chi connectivity index (χ4n) is 3.91. The fourth-order valence-corrected chi connectivity index (χ4v) is 4.97. The summed E-state index contributed by atoms with van der Waals surface area (Å²) in [4.78, 5) is 15.1. The lowest BCUT2D eigenvalue weighted by molar-refractivity contribution is -0.131.